The summed E-state index contributed by atoms with van der Waals surface area (Å²) in [5.41, 5.74) is 3.09. The number of hydrogen-bond donors (Lipinski definition) is 3. The molecule has 1 aliphatic carbocycles. The van der Waals surface area contributed by atoms with Gasteiger partial charge in [0.15, 0.2) is 5.82 Å². The number of alkyl halides is 1. The lowest BCUT2D eigenvalue weighted by molar-refractivity contribution is -0.117. The van der Waals surface area contributed by atoms with Gasteiger partial charge in [0.1, 0.15) is 24.0 Å². The first-order valence-electron chi connectivity index (χ1n) is 9.96. The van der Waals surface area contributed by atoms with Crippen molar-refractivity contribution in [2.24, 2.45) is 5.92 Å². The summed E-state index contributed by atoms with van der Waals surface area (Å²) >= 11 is 0. The lowest BCUT2D eigenvalue weighted by Crippen LogP contribution is -2.16. The predicted molar refractivity (Wildman–Crippen MR) is 112 cm³/mol. The molecule has 1 saturated carbocycles. The second-order valence-electron chi connectivity index (χ2n) is 7.36. The minimum atomic E-state index is -1.08. The summed E-state index contributed by atoms with van der Waals surface area (Å²) in [6.45, 7) is 3.79. The van der Waals surface area contributed by atoms with Crippen molar-refractivity contribution in [1.29, 1.82) is 0 Å². The van der Waals surface area contributed by atoms with E-state index in [2.05, 4.69) is 35.6 Å². The topological polar surface area (TPSA) is 126 Å². The molecular weight excluding hydrogens is 401 g/mol. The number of amides is 1. The second kappa shape index (κ2) is 8.68. The van der Waals surface area contributed by atoms with Gasteiger partial charge >= 0.3 is 0 Å². The van der Waals surface area contributed by atoms with Gasteiger partial charge in [-0.1, -0.05) is 6.92 Å². The molecule has 9 nitrogen and oxygen atoms in total. The highest BCUT2D eigenvalue weighted by Crippen LogP contribution is 2.35. The van der Waals surface area contributed by atoms with Crippen LogP contribution in [0.5, 0.6) is 0 Å². The molecule has 31 heavy (non-hydrogen) atoms. The van der Waals surface area contributed by atoms with Gasteiger partial charge in [-0.15, -0.1) is 0 Å². The summed E-state index contributed by atoms with van der Waals surface area (Å²) in [5, 5.41) is 15.8. The minimum Gasteiger partial charge on any atom is -0.387 e. The van der Waals surface area contributed by atoms with Crippen molar-refractivity contribution in [3.63, 3.8) is 0 Å². The van der Waals surface area contributed by atoms with Gasteiger partial charge in [-0.05, 0) is 31.4 Å². The zero-order valence-electron chi connectivity index (χ0n) is 17.1. The molecule has 3 unspecified atom stereocenters. The van der Waals surface area contributed by atoms with Crippen LogP contribution < -0.4 is 10.6 Å². The number of halogens is 1. The van der Waals surface area contributed by atoms with Crippen molar-refractivity contribution in [2.75, 3.05) is 10.6 Å². The first-order chi connectivity index (χ1) is 15.0. The van der Waals surface area contributed by atoms with E-state index in [0.717, 1.165) is 5.56 Å². The number of hydrogen-bond acceptors (Lipinski definition) is 8. The highest BCUT2D eigenvalue weighted by Gasteiger charge is 2.43. The Morgan fingerprint density at radius 2 is 2.00 bits per heavy atom. The number of nitrogens with zero attached hydrogens (tertiary/aromatic N) is 5. The standard InChI is InChI=1S/C21H22FN7O2/c1-3-17(30)14-6-11(2)16(9-25-14)28-20-19(23-4-5-24-20)15-8-18(27-10-26-15)29-21(31)12-7-13(12)22/h4-6,8-10,12-13,17,30H,3,7H2,1-2H3,(H,24,28)(H,26,27,29,31). The molecule has 3 N–H and O–H groups in total. The third kappa shape index (κ3) is 4.64. The number of aromatic nitrogens is 5. The SMILES string of the molecule is CCC(O)c1cc(C)c(Nc2nccnc2-c2cc(NC(=O)C3CC3F)ncn2)cn1. The average molecular weight is 423 g/mol. The third-order valence-electron chi connectivity index (χ3n) is 5.02. The van der Waals surface area contributed by atoms with Crippen LogP contribution >= 0.6 is 0 Å². The van der Waals surface area contributed by atoms with Gasteiger partial charge in [0.05, 0.1) is 35.3 Å². The summed E-state index contributed by atoms with van der Waals surface area (Å²) in [5.74, 6) is -0.304. The number of anilines is 3. The van der Waals surface area contributed by atoms with Crippen molar-refractivity contribution in [3.05, 3.63) is 48.3 Å². The number of aliphatic hydroxyl groups excluding tert-OH is 1. The highest BCUT2D eigenvalue weighted by atomic mass is 19.1. The van der Waals surface area contributed by atoms with Crippen molar-refractivity contribution < 1.29 is 14.3 Å². The van der Waals surface area contributed by atoms with Gasteiger partial charge in [0.2, 0.25) is 5.91 Å². The van der Waals surface area contributed by atoms with E-state index in [4.69, 9.17) is 0 Å². The van der Waals surface area contributed by atoms with Gasteiger partial charge < -0.3 is 15.7 Å². The molecule has 0 spiro atoms. The number of aryl methyl sites for hydroxylation is 1. The van der Waals surface area contributed by atoms with Crippen LogP contribution in [0, 0.1) is 12.8 Å². The monoisotopic (exact) mass is 423 g/mol. The molecule has 0 bridgehead atoms. The Labute approximate surface area is 178 Å². The van der Waals surface area contributed by atoms with Crippen molar-refractivity contribution in [3.8, 4) is 11.4 Å². The van der Waals surface area contributed by atoms with E-state index in [0.29, 0.717) is 35.0 Å². The minimum absolute atomic E-state index is 0.240. The number of nitrogens with one attached hydrogen (secondary N) is 2. The molecule has 3 aromatic rings. The summed E-state index contributed by atoms with van der Waals surface area (Å²) in [4.78, 5) is 33.3. The average Bonchev–Trinajstić information content (AvgIpc) is 3.52. The molecule has 3 heterocycles. The van der Waals surface area contributed by atoms with Gasteiger partial charge in [-0.25, -0.2) is 24.3 Å². The third-order valence-corrected chi connectivity index (χ3v) is 5.02. The fraction of sp³-hybridized carbons (Fsp3) is 0.333. The smallest absolute Gasteiger partial charge is 0.231 e. The molecule has 160 valence electrons. The molecule has 4 rings (SSSR count). The molecule has 0 radical (unpaired) electrons. The van der Waals surface area contributed by atoms with Crippen LogP contribution in [-0.4, -0.2) is 42.1 Å². The van der Waals surface area contributed by atoms with Gasteiger partial charge in [-0.3, -0.25) is 9.78 Å². The molecule has 1 aliphatic rings. The van der Waals surface area contributed by atoms with Gasteiger partial charge in [-0.2, -0.15) is 0 Å². The molecule has 0 aliphatic heterocycles. The van der Waals surface area contributed by atoms with Crippen molar-refractivity contribution in [1.82, 2.24) is 24.9 Å². The van der Waals surface area contributed by atoms with Crippen molar-refractivity contribution >= 4 is 23.2 Å². The van der Waals surface area contributed by atoms with Crippen LogP contribution in [0.15, 0.2) is 37.1 Å². The van der Waals surface area contributed by atoms with E-state index in [9.17, 15) is 14.3 Å². The van der Waals surface area contributed by atoms with E-state index in [1.807, 2.05) is 19.9 Å². The van der Waals surface area contributed by atoms with Crippen LogP contribution in [0.25, 0.3) is 11.4 Å². The summed E-state index contributed by atoms with van der Waals surface area (Å²) in [6, 6.07) is 3.38. The molecule has 10 heteroatoms. The maximum absolute atomic E-state index is 13.1. The van der Waals surface area contributed by atoms with Crippen LogP contribution in [0.3, 0.4) is 0 Å². The van der Waals surface area contributed by atoms with E-state index >= 15 is 0 Å². The molecule has 0 aromatic carbocycles. The molecule has 0 saturated heterocycles. The lowest BCUT2D eigenvalue weighted by atomic mass is 10.1. The predicted octanol–water partition coefficient (Wildman–Crippen LogP) is 3.12. The normalized spacial score (nSPS) is 18.3. The Hall–Kier alpha value is -3.53. The maximum atomic E-state index is 13.1. The van der Waals surface area contributed by atoms with E-state index in [-0.39, 0.29) is 12.2 Å². The quantitative estimate of drug-likeness (QED) is 0.529. The van der Waals surface area contributed by atoms with E-state index in [1.165, 1.54) is 12.5 Å². The van der Waals surface area contributed by atoms with E-state index in [1.54, 1.807) is 18.5 Å². The second-order valence-corrected chi connectivity index (χ2v) is 7.36. The lowest BCUT2D eigenvalue weighted by Gasteiger charge is -2.14. The molecule has 1 amide bonds. The fourth-order valence-electron chi connectivity index (χ4n) is 3.05. The largest absolute Gasteiger partial charge is 0.387 e. The van der Waals surface area contributed by atoms with Gasteiger partial charge in [0.25, 0.3) is 0 Å². The summed E-state index contributed by atoms with van der Waals surface area (Å²) in [7, 11) is 0. The first-order valence-corrected chi connectivity index (χ1v) is 9.96. The van der Waals surface area contributed by atoms with Crippen LogP contribution in [0.1, 0.15) is 37.1 Å². The maximum Gasteiger partial charge on any atom is 0.231 e. The number of carbonyl (C=O) groups excluding carboxylic acids is 1. The van der Waals surface area contributed by atoms with Gasteiger partial charge in [0, 0.05) is 18.5 Å². The summed E-state index contributed by atoms with van der Waals surface area (Å²) in [6.07, 6.45) is 5.13. The first kappa shape index (κ1) is 20.7. The van der Waals surface area contributed by atoms with E-state index < -0.39 is 24.1 Å². The zero-order chi connectivity index (χ0) is 22.0. The Balaban J connectivity index is 1.58. The van der Waals surface area contributed by atoms with Crippen LogP contribution in [0.4, 0.5) is 21.7 Å². The molecule has 1 fully saturated rings. The van der Waals surface area contributed by atoms with Crippen LogP contribution in [0.2, 0.25) is 0 Å². The number of aliphatic hydroxyl groups is 1. The fourth-order valence-corrected chi connectivity index (χ4v) is 3.05. The van der Waals surface area contributed by atoms with Crippen LogP contribution in [-0.2, 0) is 4.79 Å². The Bertz CT molecular complexity index is 1110. The number of carbonyl (C=O) groups is 1. The summed E-state index contributed by atoms with van der Waals surface area (Å²) < 4.78 is 13.1. The highest BCUT2D eigenvalue weighted by molar-refractivity contribution is 5.94. The number of rotatable bonds is 7. The molecular formula is C21H22FN7O2. The zero-order valence-corrected chi connectivity index (χ0v) is 17.1. The Morgan fingerprint density at radius 1 is 1.23 bits per heavy atom. The Morgan fingerprint density at radius 3 is 2.71 bits per heavy atom. The van der Waals surface area contributed by atoms with Crippen molar-refractivity contribution in [2.45, 2.75) is 39.0 Å². The molecule has 3 atom stereocenters. The Kier molecular flexibility index (Phi) is 5.81. The number of pyridine rings is 1. The molecule has 3 aromatic heterocycles.